The highest BCUT2D eigenvalue weighted by molar-refractivity contribution is 5.81. The Hall–Kier alpha value is -2.63. The first kappa shape index (κ1) is 16.8. The molecule has 1 aromatic heterocycles. The highest BCUT2D eigenvalue weighted by Gasteiger charge is 2.24. The van der Waals surface area contributed by atoms with Crippen molar-refractivity contribution in [3.63, 3.8) is 0 Å². The van der Waals surface area contributed by atoms with E-state index in [9.17, 15) is 9.90 Å². The molecule has 5 heteroatoms. The summed E-state index contributed by atoms with van der Waals surface area (Å²) in [5.74, 6) is 0.194. The topological polar surface area (TPSA) is 59.3 Å². The molecule has 0 aliphatic carbocycles. The van der Waals surface area contributed by atoms with E-state index < -0.39 is 0 Å². The Morgan fingerprint density at radius 3 is 2.31 bits per heavy atom. The molecule has 0 radical (unpaired) electrons. The zero-order chi connectivity index (χ0) is 17.9. The molecule has 3 N–H and O–H groups in total. The van der Waals surface area contributed by atoms with Gasteiger partial charge in [-0.2, -0.15) is 0 Å². The highest BCUT2D eigenvalue weighted by Crippen LogP contribution is 2.21. The van der Waals surface area contributed by atoms with Gasteiger partial charge in [0.15, 0.2) is 0 Å². The molecule has 134 valence electrons. The number of benzene rings is 2. The Balaban J connectivity index is 1.44. The number of phenols is 1. The predicted molar refractivity (Wildman–Crippen MR) is 99.4 cm³/mol. The van der Waals surface area contributed by atoms with Crippen molar-refractivity contribution in [2.75, 3.05) is 26.2 Å². The smallest absolute Gasteiger partial charge is 0.336 e. The van der Waals surface area contributed by atoms with E-state index in [2.05, 4.69) is 30.3 Å². The fourth-order valence-corrected chi connectivity index (χ4v) is 3.83. The van der Waals surface area contributed by atoms with Crippen molar-refractivity contribution in [1.82, 2.24) is 0 Å². The molecule has 26 heavy (non-hydrogen) atoms. The lowest BCUT2D eigenvalue weighted by Gasteiger charge is -2.30. The first-order valence-electron chi connectivity index (χ1n) is 9.14. The molecule has 2 heterocycles. The van der Waals surface area contributed by atoms with E-state index in [4.69, 9.17) is 4.42 Å². The second kappa shape index (κ2) is 7.32. The van der Waals surface area contributed by atoms with Crippen LogP contribution < -0.4 is 15.4 Å². The average Bonchev–Trinajstić information content (AvgIpc) is 2.65. The van der Waals surface area contributed by atoms with Crippen LogP contribution in [0.15, 0.2) is 63.8 Å². The van der Waals surface area contributed by atoms with Crippen LogP contribution >= 0.6 is 0 Å². The second-order valence-corrected chi connectivity index (χ2v) is 7.11. The number of piperazine rings is 1. The molecule has 1 fully saturated rings. The lowest BCUT2D eigenvalue weighted by atomic mass is 10.1. The van der Waals surface area contributed by atoms with Gasteiger partial charge in [0, 0.05) is 22.6 Å². The van der Waals surface area contributed by atoms with Gasteiger partial charge in [-0.05, 0) is 18.2 Å². The lowest BCUT2D eigenvalue weighted by Crippen LogP contribution is -3.27. The fourth-order valence-electron chi connectivity index (χ4n) is 3.83. The van der Waals surface area contributed by atoms with Gasteiger partial charge < -0.3 is 19.3 Å². The van der Waals surface area contributed by atoms with Crippen molar-refractivity contribution in [3.8, 4) is 5.75 Å². The minimum absolute atomic E-state index is 0.194. The van der Waals surface area contributed by atoms with E-state index in [1.165, 1.54) is 10.5 Å². The zero-order valence-corrected chi connectivity index (χ0v) is 14.7. The summed E-state index contributed by atoms with van der Waals surface area (Å²) in [6, 6.07) is 17.1. The molecule has 0 bridgehead atoms. The third kappa shape index (κ3) is 3.79. The third-order valence-corrected chi connectivity index (χ3v) is 5.21. The van der Waals surface area contributed by atoms with Gasteiger partial charge in [-0.1, -0.05) is 30.3 Å². The van der Waals surface area contributed by atoms with Crippen LogP contribution in [0, 0.1) is 0 Å². The van der Waals surface area contributed by atoms with Crippen LogP contribution in [0.1, 0.15) is 11.1 Å². The summed E-state index contributed by atoms with van der Waals surface area (Å²) in [5, 5.41) is 10.6. The van der Waals surface area contributed by atoms with Crippen molar-refractivity contribution in [3.05, 3.63) is 76.1 Å². The van der Waals surface area contributed by atoms with Crippen LogP contribution in [0.2, 0.25) is 0 Å². The van der Waals surface area contributed by atoms with Crippen LogP contribution in [-0.2, 0) is 13.1 Å². The van der Waals surface area contributed by atoms with E-state index in [0.717, 1.165) is 50.2 Å². The first-order chi connectivity index (χ1) is 12.7. The Morgan fingerprint density at radius 2 is 1.58 bits per heavy atom. The van der Waals surface area contributed by atoms with Gasteiger partial charge in [-0.15, -0.1) is 0 Å². The number of hydrogen-bond donors (Lipinski definition) is 3. The standard InChI is InChI=1S/C21H22N2O3/c24-18-6-7-20-19(13-18)17(12-21(25)26-20)15-23-10-8-22(9-11-23)14-16-4-2-1-3-5-16/h1-7,12-13,24H,8-11,14-15H2/p+2. The maximum absolute atomic E-state index is 11.8. The van der Waals surface area contributed by atoms with E-state index in [-0.39, 0.29) is 11.4 Å². The minimum Gasteiger partial charge on any atom is -0.508 e. The lowest BCUT2D eigenvalue weighted by molar-refractivity contribution is -1.02. The van der Waals surface area contributed by atoms with Crippen LogP contribution in [0.4, 0.5) is 0 Å². The minimum atomic E-state index is -0.328. The van der Waals surface area contributed by atoms with Crippen LogP contribution in [0.3, 0.4) is 0 Å². The maximum atomic E-state index is 11.8. The summed E-state index contributed by atoms with van der Waals surface area (Å²) in [6.45, 7) is 6.24. The molecule has 5 nitrogen and oxygen atoms in total. The fraction of sp³-hybridized carbons (Fsp3) is 0.286. The Kier molecular flexibility index (Phi) is 4.73. The summed E-state index contributed by atoms with van der Waals surface area (Å²) in [5.41, 5.74) is 2.55. The number of fused-ring (bicyclic) bond motifs is 1. The molecular formula is C21H24N2O3+2. The number of quaternary nitrogens is 2. The van der Waals surface area contributed by atoms with Gasteiger partial charge in [0.1, 0.15) is 50.6 Å². The van der Waals surface area contributed by atoms with Crippen LogP contribution in [0.5, 0.6) is 5.75 Å². The molecule has 0 amide bonds. The molecule has 1 aliphatic rings. The number of aromatic hydroxyl groups is 1. The van der Waals surface area contributed by atoms with E-state index >= 15 is 0 Å². The van der Waals surface area contributed by atoms with Gasteiger partial charge in [-0.25, -0.2) is 4.79 Å². The molecule has 3 aromatic rings. The summed E-state index contributed by atoms with van der Waals surface area (Å²) in [7, 11) is 0. The van der Waals surface area contributed by atoms with Gasteiger partial charge >= 0.3 is 5.63 Å². The monoisotopic (exact) mass is 352 g/mol. The molecule has 0 spiro atoms. The largest absolute Gasteiger partial charge is 0.508 e. The van der Waals surface area contributed by atoms with Crippen molar-refractivity contribution in [2.24, 2.45) is 0 Å². The predicted octanol–water partition coefficient (Wildman–Crippen LogP) is -0.0178. The molecule has 0 atom stereocenters. The molecule has 1 saturated heterocycles. The summed E-state index contributed by atoms with van der Waals surface area (Å²) < 4.78 is 5.25. The summed E-state index contributed by atoms with van der Waals surface area (Å²) in [6.07, 6.45) is 0. The van der Waals surface area contributed by atoms with Crippen molar-refractivity contribution >= 4 is 11.0 Å². The first-order valence-corrected chi connectivity index (χ1v) is 9.14. The van der Waals surface area contributed by atoms with E-state index in [1.54, 1.807) is 29.2 Å². The maximum Gasteiger partial charge on any atom is 0.336 e. The van der Waals surface area contributed by atoms with Crippen LogP contribution in [0.25, 0.3) is 11.0 Å². The van der Waals surface area contributed by atoms with Crippen molar-refractivity contribution < 1.29 is 19.3 Å². The third-order valence-electron chi connectivity index (χ3n) is 5.21. The van der Waals surface area contributed by atoms with Gasteiger partial charge in [0.2, 0.25) is 0 Å². The van der Waals surface area contributed by atoms with Gasteiger partial charge in [-0.3, -0.25) is 0 Å². The van der Waals surface area contributed by atoms with Gasteiger partial charge in [0.05, 0.1) is 0 Å². The average molecular weight is 352 g/mol. The Bertz CT molecular complexity index is 944. The normalized spacial score (nSPS) is 20.3. The number of hydrogen-bond acceptors (Lipinski definition) is 3. The van der Waals surface area contributed by atoms with Crippen molar-refractivity contribution in [2.45, 2.75) is 13.1 Å². The molecular weight excluding hydrogens is 328 g/mol. The summed E-state index contributed by atoms with van der Waals surface area (Å²) >= 11 is 0. The van der Waals surface area contributed by atoms with Crippen molar-refractivity contribution in [1.29, 1.82) is 0 Å². The summed E-state index contributed by atoms with van der Waals surface area (Å²) in [4.78, 5) is 14.9. The number of phenolic OH excluding ortho intramolecular Hbond substituents is 1. The second-order valence-electron chi connectivity index (χ2n) is 7.11. The SMILES string of the molecule is O=c1cc(C[NH+]2CC[NH+](Cc3ccccc3)CC2)c2cc(O)ccc2o1. The zero-order valence-electron chi connectivity index (χ0n) is 14.7. The van der Waals surface area contributed by atoms with E-state index in [0.29, 0.717) is 5.58 Å². The molecule has 0 saturated carbocycles. The molecule has 0 unspecified atom stereocenters. The Labute approximate surface area is 152 Å². The Morgan fingerprint density at radius 1 is 0.885 bits per heavy atom. The van der Waals surface area contributed by atoms with Crippen LogP contribution in [-0.4, -0.2) is 31.3 Å². The molecule has 2 aromatic carbocycles. The quantitative estimate of drug-likeness (QED) is 0.579. The number of nitrogens with one attached hydrogen (secondary N) is 2. The van der Waals surface area contributed by atoms with Gasteiger partial charge in [0.25, 0.3) is 0 Å². The number of rotatable bonds is 4. The highest BCUT2D eigenvalue weighted by atomic mass is 16.4. The van der Waals surface area contributed by atoms with E-state index in [1.807, 2.05) is 0 Å². The molecule has 1 aliphatic heterocycles. The molecule has 4 rings (SSSR count).